The lowest BCUT2D eigenvalue weighted by Crippen LogP contribution is -2.29. The number of hydrogen-bond acceptors (Lipinski definition) is 4. The molecule has 1 amide bonds. The Bertz CT molecular complexity index is 985. The molecule has 150 valence electrons. The Morgan fingerprint density at radius 3 is 2.76 bits per heavy atom. The first-order chi connectivity index (χ1) is 14.0. The summed E-state index contributed by atoms with van der Waals surface area (Å²) in [6, 6.07) is 13.3. The molecule has 0 spiro atoms. The van der Waals surface area contributed by atoms with Crippen LogP contribution in [0.1, 0.15) is 24.5 Å². The van der Waals surface area contributed by atoms with Crippen LogP contribution >= 0.6 is 23.4 Å². The SMILES string of the molecule is C=CCOc1ccc(/C=C2\SC(=NCCC)N(c3ccccc3C)C2=O)cc1Cl. The summed E-state index contributed by atoms with van der Waals surface area (Å²) in [5, 5.41) is 1.20. The lowest BCUT2D eigenvalue weighted by atomic mass is 10.1. The van der Waals surface area contributed by atoms with E-state index < -0.39 is 0 Å². The van der Waals surface area contributed by atoms with E-state index in [2.05, 4.69) is 18.5 Å². The number of carbonyl (C=O) groups is 1. The summed E-state index contributed by atoms with van der Waals surface area (Å²) in [5.74, 6) is 0.508. The van der Waals surface area contributed by atoms with Crippen LogP contribution in [0.15, 0.2) is 65.0 Å². The van der Waals surface area contributed by atoms with Crippen molar-refractivity contribution < 1.29 is 9.53 Å². The fourth-order valence-corrected chi connectivity index (χ4v) is 4.08. The van der Waals surface area contributed by atoms with Gasteiger partial charge in [0.25, 0.3) is 5.91 Å². The smallest absolute Gasteiger partial charge is 0.271 e. The number of nitrogens with zero attached hydrogens (tertiary/aromatic N) is 2. The van der Waals surface area contributed by atoms with Crippen LogP contribution in [0.3, 0.4) is 0 Å². The third kappa shape index (κ3) is 4.92. The first kappa shape index (κ1) is 21.2. The van der Waals surface area contributed by atoms with E-state index >= 15 is 0 Å². The molecule has 1 saturated heterocycles. The fraction of sp³-hybridized carbons (Fsp3) is 0.217. The maximum Gasteiger partial charge on any atom is 0.271 e. The van der Waals surface area contributed by atoms with E-state index in [1.54, 1.807) is 23.1 Å². The van der Waals surface area contributed by atoms with E-state index in [4.69, 9.17) is 16.3 Å². The number of amidine groups is 1. The van der Waals surface area contributed by atoms with E-state index in [0.717, 1.165) is 23.2 Å². The first-order valence-electron chi connectivity index (χ1n) is 9.42. The molecule has 0 bridgehead atoms. The Balaban J connectivity index is 1.94. The average molecular weight is 427 g/mol. The number of thioether (sulfide) groups is 1. The molecule has 1 aliphatic heterocycles. The summed E-state index contributed by atoms with van der Waals surface area (Å²) < 4.78 is 5.51. The van der Waals surface area contributed by atoms with Crippen LogP contribution in [0.25, 0.3) is 6.08 Å². The maximum absolute atomic E-state index is 13.2. The number of rotatable bonds is 7. The molecule has 1 heterocycles. The van der Waals surface area contributed by atoms with E-state index in [9.17, 15) is 4.79 Å². The largest absolute Gasteiger partial charge is 0.488 e. The Labute approximate surface area is 180 Å². The Morgan fingerprint density at radius 2 is 2.07 bits per heavy atom. The van der Waals surface area contributed by atoms with Crippen molar-refractivity contribution in [3.05, 3.63) is 76.2 Å². The minimum atomic E-state index is -0.0812. The van der Waals surface area contributed by atoms with Crippen molar-refractivity contribution in [1.29, 1.82) is 0 Å². The second-order valence-electron chi connectivity index (χ2n) is 6.49. The quantitative estimate of drug-likeness (QED) is 0.396. The van der Waals surface area contributed by atoms with Crippen molar-refractivity contribution in [2.75, 3.05) is 18.1 Å². The van der Waals surface area contributed by atoms with Crippen LogP contribution in [0, 0.1) is 6.92 Å². The van der Waals surface area contributed by atoms with Crippen molar-refractivity contribution in [2.45, 2.75) is 20.3 Å². The number of para-hydroxylation sites is 1. The number of benzene rings is 2. The second kappa shape index (κ2) is 9.81. The lowest BCUT2D eigenvalue weighted by Gasteiger charge is -2.17. The van der Waals surface area contributed by atoms with Gasteiger partial charge in [-0.05, 0) is 60.5 Å². The summed E-state index contributed by atoms with van der Waals surface area (Å²) in [5.41, 5.74) is 2.71. The average Bonchev–Trinajstić information content (AvgIpc) is 3.01. The number of anilines is 1. The zero-order valence-corrected chi connectivity index (χ0v) is 18.1. The van der Waals surface area contributed by atoms with Crippen LogP contribution in [0.2, 0.25) is 5.02 Å². The Hall–Kier alpha value is -2.50. The molecule has 0 atom stereocenters. The van der Waals surface area contributed by atoms with Gasteiger partial charge in [0.15, 0.2) is 5.17 Å². The summed E-state index contributed by atoms with van der Waals surface area (Å²) >= 11 is 7.70. The van der Waals surface area contributed by atoms with Crippen molar-refractivity contribution in [2.24, 2.45) is 4.99 Å². The van der Waals surface area contributed by atoms with Crippen LogP contribution in [-0.2, 0) is 4.79 Å². The van der Waals surface area contributed by atoms with Gasteiger partial charge in [0, 0.05) is 6.54 Å². The Kier molecular flexibility index (Phi) is 7.18. The molecule has 0 N–H and O–H groups in total. The highest BCUT2D eigenvalue weighted by atomic mass is 35.5. The summed E-state index contributed by atoms with van der Waals surface area (Å²) in [6.45, 7) is 8.75. The summed E-state index contributed by atoms with van der Waals surface area (Å²) in [6.07, 6.45) is 4.42. The van der Waals surface area contributed by atoms with Gasteiger partial charge in [0.2, 0.25) is 0 Å². The molecule has 3 rings (SSSR count). The lowest BCUT2D eigenvalue weighted by molar-refractivity contribution is -0.113. The standard InChI is InChI=1S/C23H23ClN2O2S/c1-4-12-25-23-26(19-9-7-6-8-16(19)3)22(27)21(29-23)15-17-10-11-20(18(24)14-17)28-13-5-2/h5-11,14-15H,2,4,12-13H2,1,3H3/b21-15-,25-23?. The van der Waals surface area contributed by atoms with Crippen molar-refractivity contribution >= 4 is 46.2 Å². The normalized spacial score (nSPS) is 16.7. The van der Waals surface area contributed by atoms with Crippen molar-refractivity contribution in [1.82, 2.24) is 0 Å². The third-order valence-electron chi connectivity index (χ3n) is 4.24. The molecule has 2 aromatic carbocycles. The topological polar surface area (TPSA) is 41.9 Å². The van der Waals surface area contributed by atoms with Gasteiger partial charge in [-0.1, -0.05) is 55.4 Å². The van der Waals surface area contributed by atoms with Crippen molar-refractivity contribution in [3.8, 4) is 5.75 Å². The zero-order chi connectivity index (χ0) is 20.8. The van der Waals surface area contributed by atoms with Gasteiger partial charge in [-0.25, -0.2) is 0 Å². The molecule has 1 fully saturated rings. The molecule has 0 unspecified atom stereocenters. The molecule has 29 heavy (non-hydrogen) atoms. The molecule has 1 aliphatic rings. The highest BCUT2D eigenvalue weighted by molar-refractivity contribution is 8.19. The number of amides is 1. The molecular weight excluding hydrogens is 404 g/mol. The zero-order valence-electron chi connectivity index (χ0n) is 16.5. The van der Waals surface area contributed by atoms with E-state index in [1.807, 2.05) is 43.3 Å². The molecule has 6 heteroatoms. The fourth-order valence-electron chi connectivity index (χ4n) is 2.84. The van der Waals surface area contributed by atoms with Gasteiger partial charge < -0.3 is 4.74 Å². The molecule has 0 saturated carbocycles. The molecule has 0 aromatic heterocycles. The number of ether oxygens (including phenoxy) is 1. The minimum absolute atomic E-state index is 0.0812. The van der Waals surface area contributed by atoms with Crippen LogP contribution in [0.5, 0.6) is 5.75 Å². The molecule has 0 aliphatic carbocycles. The van der Waals surface area contributed by atoms with Gasteiger partial charge in [0.1, 0.15) is 12.4 Å². The van der Waals surface area contributed by atoms with Crippen LogP contribution in [-0.4, -0.2) is 24.2 Å². The maximum atomic E-state index is 13.2. The van der Waals surface area contributed by atoms with Gasteiger partial charge in [-0.15, -0.1) is 0 Å². The van der Waals surface area contributed by atoms with Crippen LogP contribution in [0.4, 0.5) is 5.69 Å². The van der Waals surface area contributed by atoms with Gasteiger partial charge in [0.05, 0.1) is 15.6 Å². The summed E-state index contributed by atoms with van der Waals surface area (Å²) in [7, 11) is 0. The third-order valence-corrected chi connectivity index (χ3v) is 5.55. The number of aliphatic imine (C=N–C) groups is 1. The minimum Gasteiger partial charge on any atom is -0.488 e. The highest BCUT2D eigenvalue weighted by Gasteiger charge is 2.35. The van der Waals surface area contributed by atoms with E-state index in [1.165, 1.54) is 11.8 Å². The molecule has 0 radical (unpaired) electrons. The Morgan fingerprint density at radius 1 is 1.28 bits per heavy atom. The molecular formula is C23H23ClN2O2S. The van der Waals surface area contributed by atoms with Gasteiger partial charge in [-0.3, -0.25) is 14.7 Å². The monoisotopic (exact) mass is 426 g/mol. The van der Waals surface area contributed by atoms with E-state index in [0.29, 0.717) is 34.0 Å². The van der Waals surface area contributed by atoms with Gasteiger partial charge >= 0.3 is 0 Å². The van der Waals surface area contributed by atoms with Crippen LogP contribution < -0.4 is 9.64 Å². The number of aryl methyl sites for hydroxylation is 1. The number of hydrogen-bond donors (Lipinski definition) is 0. The second-order valence-corrected chi connectivity index (χ2v) is 7.91. The first-order valence-corrected chi connectivity index (χ1v) is 10.6. The van der Waals surface area contributed by atoms with Crippen molar-refractivity contribution in [3.63, 3.8) is 0 Å². The highest BCUT2D eigenvalue weighted by Crippen LogP contribution is 2.38. The van der Waals surface area contributed by atoms with Gasteiger partial charge in [-0.2, -0.15) is 0 Å². The number of carbonyl (C=O) groups excluding carboxylic acids is 1. The molecule has 4 nitrogen and oxygen atoms in total. The molecule has 2 aromatic rings. The predicted octanol–water partition coefficient (Wildman–Crippen LogP) is 6.10. The predicted molar refractivity (Wildman–Crippen MR) is 124 cm³/mol. The summed E-state index contributed by atoms with van der Waals surface area (Å²) in [4.78, 5) is 20.2. The number of halogens is 1. The van der Waals surface area contributed by atoms with E-state index in [-0.39, 0.29) is 5.91 Å².